The number of nitrogens with zero attached hydrogens (tertiary/aromatic N) is 2. The lowest BCUT2D eigenvalue weighted by Gasteiger charge is -2.05. The van der Waals surface area contributed by atoms with Crippen LogP contribution in [0.3, 0.4) is 0 Å². The molecule has 0 saturated heterocycles. The number of nitrogens with one attached hydrogen (secondary N) is 2. The second-order valence-electron chi connectivity index (χ2n) is 5.74. The number of aromatic nitrogens is 3. The Balaban J connectivity index is 2.00. The molecule has 2 aromatic heterocycles. The van der Waals surface area contributed by atoms with E-state index in [0.29, 0.717) is 33.5 Å². The Morgan fingerprint density at radius 3 is 2.68 bits per heavy atom. The summed E-state index contributed by atoms with van der Waals surface area (Å²) in [5.74, 6) is -0.217. The molecule has 0 atom stereocenters. The van der Waals surface area contributed by atoms with E-state index in [0.717, 1.165) is 0 Å². The van der Waals surface area contributed by atoms with Gasteiger partial charge in [-0.15, -0.1) is 11.3 Å². The number of thiazole rings is 1. The average molecular weight is 360 g/mol. The predicted octanol–water partition coefficient (Wildman–Crippen LogP) is 2.97. The quantitative estimate of drug-likeness (QED) is 0.652. The van der Waals surface area contributed by atoms with Gasteiger partial charge in [0.2, 0.25) is 0 Å². The molecule has 0 spiro atoms. The number of aromatic amines is 1. The molecule has 3 N–H and O–H groups in total. The van der Waals surface area contributed by atoms with Crippen molar-refractivity contribution < 1.29 is 14.3 Å². The molecule has 1 amide bonds. The first kappa shape index (κ1) is 17.2. The van der Waals surface area contributed by atoms with E-state index >= 15 is 0 Å². The van der Waals surface area contributed by atoms with E-state index in [-0.39, 0.29) is 24.4 Å². The molecule has 0 aliphatic rings. The van der Waals surface area contributed by atoms with Crippen LogP contribution in [0.25, 0.3) is 22.0 Å². The molecule has 25 heavy (non-hydrogen) atoms. The van der Waals surface area contributed by atoms with Crippen molar-refractivity contribution >= 4 is 17.2 Å². The average Bonchev–Trinajstić information content (AvgIpc) is 3.21. The summed E-state index contributed by atoms with van der Waals surface area (Å²) in [6, 6.07) is 5.92. The number of carbonyl (C=O) groups excluding carboxylic acids is 1. The van der Waals surface area contributed by atoms with Crippen molar-refractivity contribution in [1.29, 1.82) is 0 Å². The summed E-state index contributed by atoms with van der Waals surface area (Å²) in [5.41, 5.74) is 2.15. The molecule has 0 bridgehead atoms. The topological polar surface area (TPSA) is 90.9 Å². The SMILES string of the molecule is CC(C)NC(=O)c1csc(-c2[nH]c(CO)nc2-c2ccc(F)cc2)n1. The van der Waals surface area contributed by atoms with Crippen LogP contribution in [0, 0.1) is 5.82 Å². The smallest absolute Gasteiger partial charge is 0.270 e. The molecule has 0 fully saturated rings. The van der Waals surface area contributed by atoms with E-state index in [2.05, 4.69) is 20.3 Å². The Kier molecular flexibility index (Phi) is 4.91. The Bertz CT molecular complexity index is 886. The van der Waals surface area contributed by atoms with Crippen LogP contribution in [-0.2, 0) is 6.61 Å². The van der Waals surface area contributed by atoms with Gasteiger partial charge in [-0.3, -0.25) is 4.79 Å². The van der Waals surface area contributed by atoms with Crippen molar-refractivity contribution in [2.75, 3.05) is 0 Å². The zero-order chi connectivity index (χ0) is 18.0. The van der Waals surface area contributed by atoms with Crippen LogP contribution in [0.5, 0.6) is 0 Å². The third-order valence-electron chi connectivity index (χ3n) is 3.39. The van der Waals surface area contributed by atoms with Crippen molar-refractivity contribution in [3.8, 4) is 22.0 Å². The van der Waals surface area contributed by atoms with Crippen molar-refractivity contribution in [3.63, 3.8) is 0 Å². The molecule has 2 heterocycles. The molecular formula is C17H17FN4O2S. The summed E-state index contributed by atoms with van der Waals surface area (Å²) in [6.07, 6.45) is 0. The van der Waals surface area contributed by atoms with Gasteiger partial charge in [-0.2, -0.15) is 0 Å². The van der Waals surface area contributed by atoms with Crippen LogP contribution >= 0.6 is 11.3 Å². The number of benzene rings is 1. The maximum atomic E-state index is 13.2. The van der Waals surface area contributed by atoms with E-state index in [4.69, 9.17) is 0 Å². The normalized spacial score (nSPS) is 11.1. The van der Waals surface area contributed by atoms with Crippen LogP contribution in [0.1, 0.15) is 30.2 Å². The van der Waals surface area contributed by atoms with Crippen molar-refractivity contribution in [2.24, 2.45) is 0 Å². The lowest BCUT2D eigenvalue weighted by molar-refractivity contribution is 0.0939. The molecule has 0 radical (unpaired) electrons. The largest absolute Gasteiger partial charge is 0.388 e. The molecule has 0 unspecified atom stereocenters. The lowest BCUT2D eigenvalue weighted by Crippen LogP contribution is -2.30. The highest BCUT2D eigenvalue weighted by Crippen LogP contribution is 2.32. The number of carbonyl (C=O) groups is 1. The van der Waals surface area contributed by atoms with E-state index in [9.17, 15) is 14.3 Å². The first-order chi connectivity index (χ1) is 12.0. The Morgan fingerprint density at radius 2 is 2.04 bits per heavy atom. The number of hydrogen-bond acceptors (Lipinski definition) is 5. The molecule has 6 nitrogen and oxygen atoms in total. The molecule has 130 valence electrons. The highest BCUT2D eigenvalue weighted by molar-refractivity contribution is 7.13. The first-order valence-electron chi connectivity index (χ1n) is 7.70. The van der Waals surface area contributed by atoms with E-state index in [1.807, 2.05) is 13.8 Å². The fourth-order valence-electron chi connectivity index (χ4n) is 2.30. The van der Waals surface area contributed by atoms with E-state index < -0.39 is 0 Å². The number of hydrogen-bond donors (Lipinski definition) is 3. The second-order valence-corrected chi connectivity index (χ2v) is 6.60. The maximum Gasteiger partial charge on any atom is 0.270 e. The monoisotopic (exact) mass is 360 g/mol. The molecule has 1 aromatic carbocycles. The highest BCUT2D eigenvalue weighted by Gasteiger charge is 2.19. The van der Waals surface area contributed by atoms with Crippen LogP contribution in [0.15, 0.2) is 29.6 Å². The van der Waals surface area contributed by atoms with Gasteiger partial charge in [0, 0.05) is 17.0 Å². The number of amides is 1. The van der Waals surface area contributed by atoms with Crippen molar-refractivity contribution in [3.05, 3.63) is 47.0 Å². The third-order valence-corrected chi connectivity index (χ3v) is 4.25. The number of halogens is 1. The van der Waals surface area contributed by atoms with E-state index in [1.165, 1.54) is 23.5 Å². The minimum absolute atomic E-state index is 0.0144. The number of imidazole rings is 1. The summed E-state index contributed by atoms with van der Waals surface area (Å²) in [6.45, 7) is 3.49. The van der Waals surface area contributed by atoms with Crippen LogP contribution < -0.4 is 5.32 Å². The second kappa shape index (κ2) is 7.12. The summed E-state index contributed by atoms with van der Waals surface area (Å²) < 4.78 is 13.2. The summed E-state index contributed by atoms with van der Waals surface area (Å²) >= 11 is 1.29. The van der Waals surface area contributed by atoms with Gasteiger partial charge in [-0.1, -0.05) is 0 Å². The van der Waals surface area contributed by atoms with Crippen LogP contribution in [0.2, 0.25) is 0 Å². The number of H-pyrrole nitrogens is 1. The zero-order valence-electron chi connectivity index (χ0n) is 13.7. The standard InChI is InChI=1S/C17H17FN4O2S/c1-9(2)19-16(24)12-8-25-17(20-12)15-14(21-13(7-23)22-15)10-3-5-11(18)6-4-10/h3-6,8-9,23H,7H2,1-2H3,(H,19,24)(H,21,22). The molecule has 8 heteroatoms. The Labute approximate surface area is 147 Å². The molecular weight excluding hydrogens is 343 g/mol. The van der Waals surface area contributed by atoms with Gasteiger partial charge < -0.3 is 15.4 Å². The predicted molar refractivity (Wildman–Crippen MR) is 93.6 cm³/mol. The molecule has 3 aromatic rings. The van der Waals surface area contributed by atoms with Crippen molar-refractivity contribution in [2.45, 2.75) is 26.5 Å². The first-order valence-corrected chi connectivity index (χ1v) is 8.58. The molecule has 0 saturated carbocycles. The Morgan fingerprint density at radius 1 is 1.32 bits per heavy atom. The van der Waals surface area contributed by atoms with Crippen LogP contribution in [-0.4, -0.2) is 32.0 Å². The number of aliphatic hydroxyl groups excluding tert-OH is 1. The fourth-order valence-corrected chi connectivity index (χ4v) is 3.10. The lowest BCUT2D eigenvalue weighted by atomic mass is 10.1. The zero-order valence-corrected chi connectivity index (χ0v) is 14.5. The number of rotatable bonds is 5. The molecule has 0 aliphatic heterocycles. The minimum Gasteiger partial charge on any atom is -0.388 e. The van der Waals surface area contributed by atoms with Gasteiger partial charge in [0.05, 0.1) is 5.69 Å². The number of aliphatic hydroxyl groups is 1. The van der Waals surface area contributed by atoms with Gasteiger partial charge >= 0.3 is 0 Å². The molecule has 3 rings (SSSR count). The minimum atomic E-state index is -0.342. The maximum absolute atomic E-state index is 13.2. The Hall–Kier alpha value is -2.58. The summed E-state index contributed by atoms with van der Waals surface area (Å²) in [4.78, 5) is 23.8. The van der Waals surface area contributed by atoms with Gasteiger partial charge in [-0.25, -0.2) is 14.4 Å². The highest BCUT2D eigenvalue weighted by atomic mass is 32.1. The van der Waals surface area contributed by atoms with Gasteiger partial charge in [0.15, 0.2) is 0 Å². The van der Waals surface area contributed by atoms with Gasteiger partial charge in [-0.05, 0) is 38.1 Å². The van der Waals surface area contributed by atoms with Gasteiger partial charge in [0.1, 0.15) is 34.6 Å². The fraction of sp³-hybridized carbons (Fsp3) is 0.235. The summed E-state index contributed by atoms with van der Waals surface area (Å²) in [7, 11) is 0. The van der Waals surface area contributed by atoms with Crippen molar-refractivity contribution in [1.82, 2.24) is 20.3 Å². The van der Waals surface area contributed by atoms with Gasteiger partial charge in [0.25, 0.3) is 5.91 Å². The third kappa shape index (κ3) is 3.75. The summed E-state index contributed by atoms with van der Waals surface area (Å²) in [5, 5.41) is 14.4. The van der Waals surface area contributed by atoms with Crippen LogP contribution in [0.4, 0.5) is 4.39 Å². The van der Waals surface area contributed by atoms with E-state index in [1.54, 1.807) is 17.5 Å². The molecule has 0 aliphatic carbocycles.